The molecular formula is C16H24O. The van der Waals surface area contributed by atoms with Gasteiger partial charge in [0.25, 0.3) is 0 Å². The third-order valence-electron chi connectivity index (χ3n) is 4.59. The van der Waals surface area contributed by atoms with Gasteiger partial charge in [0.1, 0.15) is 5.78 Å². The number of carbonyl (C=O) groups is 1. The molecule has 2 aliphatic carbocycles. The Labute approximate surface area is 105 Å². The van der Waals surface area contributed by atoms with Gasteiger partial charge in [-0.15, -0.1) is 0 Å². The summed E-state index contributed by atoms with van der Waals surface area (Å²) in [6.45, 7) is 3.81. The van der Waals surface area contributed by atoms with Crippen molar-refractivity contribution >= 4 is 5.78 Å². The van der Waals surface area contributed by atoms with E-state index in [9.17, 15) is 4.79 Å². The first-order valence-corrected chi connectivity index (χ1v) is 7.00. The molecule has 2 aliphatic rings. The fourth-order valence-electron chi connectivity index (χ4n) is 3.77. The fraction of sp³-hybridized carbons (Fsp3) is 0.688. The molecule has 2 rings (SSSR count). The quantitative estimate of drug-likeness (QED) is 0.703. The molecule has 1 saturated carbocycles. The second kappa shape index (κ2) is 5.20. The van der Waals surface area contributed by atoms with Gasteiger partial charge in [-0.2, -0.15) is 0 Å². The molecule has 0 radical (unpaired) electrons. The van der Waals surface area contributed by atoms with Crippen LogP contribution in [0.15, 0.2) is 23.8 Å². The monoisotopic (exact) mass is 232 g/mol. The van der Waals surface area contributed by atoms with Crippen LogP contribution in [0.5, 0.6) is 0 Å². The van der Waals surface area contributed by atoms with Gasteiger partial charge in [0.15, 0.2) is 0 Å². The Morgan fingerprint density at radius 3 is 2.71 bits per heavy atom. The van der Waals surface area contributed by atoms with E-state index in [2.05, 4.69) is 25.2 Å². The lowest BCUT2D eigenvalue weighted by atomic mass is 9.64. The van der Waals surface area contributed by atoms with Crippen molar-refractivity contribution < 1.29 is 4.79 Å². The van der Waals surface area contributed by atoms with Crippen LogP contribution in [0.25, 0.3) is 0 Å². The molecule has 0 heterocycles. The molecule has 0 aromatic carbocycles. The van der Waals surface area contributed by atoms with Gasteiger partial charge >= 0.3 is 0 Å². The Balaban J connectivity index is 2.20. The molecule has 0 bridgehead atoms. The predicted octanol–water partition coefficient (Wildman–Crippen LogP) is 4.44. The summed E-state index contributed by atoms with van der Waals surface area (Å²) in [6, 6.07) is 0. The van der Waals surface area contributed by atoms with Gasteiger partial charge in [-0.1, -0.05) is 37.5 Å². The highest BCUT2D eigenvalue weighted by Crippen LogP contribution is 2.54. The van der Waals surface area contributed by atoms with Crippen LogP contribution in [-0.4, -0.2) is 5.78 Å². The van der Waals surface area contributed by atoms with Crippen molar-refractivity contribution in [2.75, 3.05) is 0 Å². The average Bonchev–Trinajstić information content (AvgIpc) is 2.60. The molecule has 0 aromatic rings. The van der Waals surface area contributed by atoms with E-state index < -0.39 is 0 Å². The third-order valence-corrected chi connectivity index (χ3v) is 4.59. The smallest absolute Gasteiger partial charge is 0.130 e. The highest BCUT2D eigenvalue weighted by atomic mass is 16.1. The van der Waals surface area contributed by atoms with Crippen molar-refractivity contribution in [3.05, 3.63) is 23.8 Å². The zero-order valence-corrected chi connectivity index (χ0v) is 11.2. The summed E-state index contributed by atoms with van der Waals surface area (Å²) in [6.07, 6.45) is 15.4. The van der Waals surface area contributed by atoms with Gasteiger partial charge in [-0.3, -0.25) is 0 Å². The van der Waals surface area contributed by atoms with Crippen LogP contribution < -0.4 is 0 Å². The molecule has 0 N–H and O–H groups in total. The summed E-state index contributed by atoms with van der Waals surface area (Å²) in [5.74, 6) is 0.841. The van der Waals surface area contributed by atoms with E-state index in [4.69, 9.17) is 0 Å². The van der Waals surface area contributed by atoms with Crippen molar-refractivity contribution in [1.29, 1.82) is 0 Å². The van der Waals surface area contributed by atoms with Gasteiger partial charge in [0.05, 0.1) is 0 Å². The second-order valence-electron chi connectivity index (χ2n) is 5.79. The fourth-order valence-corrected chi connectivity index (χ4v) is 3.77. The summed E-state index contributed by atoms with van der Waals surface area (Å²) in [7, 11) is 0. The highest BCUT2D eigenvalue weighted by molar-refractivity contribution is 5.76. The molecule has 1 unspecified atom stereocenters. The Morgan fingerprint density at radius 1 is 1.41 bits per heavy atom. The van der Waals surface area contributed by atoms with Crippen LogP contribution in [0.4, 0.5) is 0 Å². The Hall–Kier alpha value is -0.850. The average molecular weight is 232 g/mol. The van der Waals surface area contributed by atoms with Crippen LogP contribution >= 0.6 is 0 Å². The zero-order valence-electron chi connectivity index (χ0n) is 11.2. The number of Topliss-reactive ketones (excluding diaryl/α,β-unsaturated/α-hetero) is 1. The predicted molar refractivity (Wildman–Crippen MR) is 71.8 cm³/mol. The molecule has 1 spiro atoms. The van der Waals surface area contributed by atoms with Crippen LogP contribution in [0.2, 0.25) is 0 Å². The van der Waals surface area contributed by atoms with Gasteiger partial charge in [-0.05, 0) is 50.0 Å². The van der Waals surface area contributed by atoms with Crippen LogP contribution in [0.1, 0.15) is 58.8 Å². The summed E-state index contributed by atoms with van der Waals surface area (Å²) in [4.78, 5) is 11.5. The first-order chi connectivity index (χ1) is 8.18. The SMILES string of the molecule is C/C=C\C1=CCC2(CCCCC2)C1CC(C)=O. The largest absolute Gasteiger partial charge is 0.300 e. The molecule has 0 saturated heterocycles. The van der Waals surface area contributed by atoms with Crippen LogP contribution in [0, 0.1) is 11.3 Å². The molecule has 17 heavy (non-hydrogen) atoms. The first kappa shape index (κ1) is 12.6. The standard InChI is InChI=1S/C16H24O/c1-3-7-14-8-11-16(9-5-4-6-10-16)15(14)12-13(2)17/h3,7-8,15H,4-6,9-12H2,1-2H3/b7-3-. The third kappa shape index (κ3) is 2.53. The van der Waals surface area contributed by atoms with E-state index >= 15 is 0 Å². The van der Waals surface area contributed by atoms with E-state index in [-0.39, 0.29) is 0 Å². The van der Waals surface area contributed by atoms with Gasteiger partial charge in [0.2, 0.25) is 0 Å². The summed E-state index contributed by atoms with van der Waals surface area (Å²) in [5, 5.41) is 0. The van der Waals surface area contributed by atoms with E-state index in [0.717, 1.165) is 6.42 Å². The minimum Gasteiger partial charge on any atom is -0.300 e. The molecule has 94 valence electrons. The topological polar surface area (TPSA) is 17.1 Å². The number of rotatable bonds is 3. The second-order valence-corrected chi connectivity index (χ2v) is 5.79. The Morgan fingerprint density at radius 2 is 2.12 bits per heavy atom. The number of ketones is 1. The van der Waals surface area contributed by atoms with Crippen molar-refractivity contribution in [3.8, 4) is 0 Å². The molecule has 0 aromatic heterocycles. The van der Waals surface area contributed by atoms with Gasteiger partial charge in [0, 0.05) is 6.42 Å². The molecule has 1 atom stereocenters. The van der Waals surface area contributed by atoms with E-state index in [0.29, 0.717) is 17.1 Å². The lowest BCUT2D eigenvalue weighted by Crippen LogP contribution is -2.31. The van der Waals surface area contributed by atoms with Crippen LogP contribution in [-0.2, 0) is 4.79 Å². The van der Waals surface area contributed by atoms with E-state index in [1.807, 2.05) is 0 Å². The molecular weight excluding hydrogens is 208 g/mol. The van der Waals surface area contributed by atoms with E-state index in [1.54, 1.807) is 6.92 Å². The zero-order chi connectivity index (χ0) is 12.3. The molecule has 1 heteroatoms. The number of carbonyl (C=O) groups excluding carboxylic acids is 1. The van der Waals surface area contributed by atoms with Gasteiger partial charge < -0.3 is 4.79 Å². The maximum atomic E-state index is 11.5. The minimum atomic E-state index is 0.345. The summed E-state index contributed by atoms with van der Waals surface area (Å²) >= 11 is 0. The number of hydrogen-bond acceptors (Lipinski definition) is 1. The Bertz CT molecular complexity index is 343. The molecule has 1 nitrogen and oxygen atoms in total. The number of hydrogen-bond donors (Lipinski definition) is 0. The minimum absolute atomic E-state index is 0.345. The van der Waals surface area contributed by atoms with Crippen molar-refractivity contribution in [1.82, 2.24) is 0 Å². The highest BCUT2D eigenvalue weighted by Gasteiger charge is 2.43. The normalized spacial score (nSPS) is 27.6. The summed E-state index contributed by atoms with van der Waals surface area (Å²) in [5.41, 5.74) is 1.85. The van der Waals surface area contributed by atoms with Crippen molar-refractivity contribution in [2.24, 2.45) is 11.3 Å². The maximum absolute atomic E-state index is 11.5. The van der Waals surface area contributed by atoms with Gasteiger partial charge in [-0.25, -0.2) is 0 Å². The van der Waals surface area contributed by atoms with E-state index in [1.165, 1.54) is 44.1 Å². The molecule has 0 amide bonds. The lowest BCUT2D eigenvalue weighted by molar-refractivity contribution is -0.118. The number of allylic oxidation sites excluding steroid dienone is 4. The van der Waals surface area contributed by atoms with Crippen molar-refractivity contribution in [2.45, 2.75) is 58.8 Å². The first-order valence-electron chi connectivity index (χ1n) is 7.00. The maximum Gasteiger partial charge on any atom is 0.130 e. The Kier molecular flexibility index (Phi) is 3.86. The van der Waals surface area contributed by atoms with Crippen molar-refractivity contribution in [3.63, 3.8) is 0 Å². The summed E-state index contributed by atoms with van der Waals surface area (Å²) < 4.78 is 0. The molecule has 1 fully saturated rings. The lowest BCUT2D eigenvalue weighted by Gasteiger charge is -2.40. The molecule has 0 aliphatic heterocycles. The van der Waals surface area contributed by atoms with Crippen LogP contribution in [0.3, 0.4) is 0 Å².